The molecule has 1 aliphatic heterocycles. The molecule has 1 aromatic heterocycles. The lowest BCUT2D eigenvalue weighted by atomic mass is 10.0. The van der Waals surface area contributed by atoms with Crippen molar-refractivity contribution in [2.24, 2.45) is 5.73 Å². The second kappa shape index (κ2) is 6.42. The predicted molar refractivity (Wildman–Crippen MR) is 67.5 cm³/mol. The highest BCUT2D eigenvalue weighted by molar-refractivity contribution is 5.75. The molecular formula is C12H19N5O. The molecule has 0 unspecified atom stereocenters. The molecule has 1 fully saturated rings. The van der Waals surface area contributed by atoms with Gasteiger partial charge in [0.05, 0.1) is 12.2 Å². The van der Waals surface area contributed by atoms with E-state index in [0.717, 1.165) is 31.6 Å². The number of hydrogen-bond acceptors (Lipinski definition) is 5. The van der Waals surface area contributed by atoms with Crippen molar-refractivity contribution in [1.82, 2.24) is 20.2 Å². The topological polar surface area (TPSA) is 84.1 Å². The molecule has 0 atom stereocenters. The zero-order valence-corrected chi connectivity index (χ0v) is 10.4. The summed E-state index contributed by atoms with van der Waals surface area (Å²) in [5.41, 5.74) is 6.19. The van der Waals surface area contributed by atoms with Gasteiger partial charge in [-0.25, -0.2) is 0 Å². The van der Waals surface area contributed by atoms with Crippen LogP contribution < -0.4 is 11.1 Å². The van der Waals surface area contributed by atoms with E-state index < -0.39 is 0 Å². The lowest BCUT2D eigenvalue weighted by molar-refractivity contribution is -0.120. The van der Waals surface area contributed by atoms with Crippen molar-refractivity contribution in [3.8, 4) is 0 Å². The van der Waals surface area contributed by atoms with Crippen molar-refractivity contribution < 1.29 is 4.79 Å². The number of piperidine rings is 1. The number of rotatable bonds is 5. The molecule has 98 valence electrons. The largest absolute Gasteiger partial charge is 0.369 e. The van der Waals surface area contributed by atoms with Gasteiger partial charge in [0.1, 0.15) is 0 Å². The third-order valence-electron chi connectivity index (χ3n) is 3.17. The molecule has 0 radical (unpaired) electrons. The van der Waals surface area contributed by atoms with Crippen molar-refractivity contribution in [2.45, 2.75) is 25.4 Å². The quantitative estimate of drug-likeness (QED) is 0.736. The van der Waals surface area contributed by atoms with Gasteiger partial charge in [-0.1, -0.05) is 0 Å². The number of nitrogens with zero attached hydrogens (tertiary/aromatic N) is 3. The van der Waals surface area contributed by atoms with Gasteiger partial charge in [0.2, 0.25) is 5.91 Å². The van der Waals surface area contributed by atoms with E-state index in [1.54, 1.807) is 18.6 Å². The zero-order valence-electron chi connectivity index (χ0n) is 10.4. The molecule has 1 aliphatic rings. The SMILES string of the molecule is NC(=O)CN(Cc1cnccn1)C1CCNCC1. The Kier molecular flexibility index (Phi) is 4.60. The van der Waals surface area contributed by atoms with Gasteiger partial charge in [-0.3, -0.25) is 19.7 Å². The van der Waals surface area contributed by atoms with Gasteiger partial charge < -0.3 is 11.1 Å². The van der Waals surface area contributed by atoms with Crippen LogP contribution in [-0.2, 0) is 11.3 Å². The van der Waals surface area contributed by atoms with Gasteiger partial charge >= 0.3 is 0 Å². The molecule has 2 rings (SSSR count). The highest BCUT2D eigenvalue weighted by Crippen LogP contribution is 2.14. The van der Waals surface area contributed by atoms with Crippen LogP contribution in [0, 0.1) is 0 Å². The van der Waals surface area contributed by atoms with E-state index in [-0.39, 0.29) is 12.5 Å². The number of carbonyl (C=O) groups excluding carboxylic acids is 1. The summed E-state index contributed by atoms with van der Waals surface area (Å²) in [6.45, 7) is 2.88. The van der Waals surface area contributed by atoms with E-state index in [0.29, 0.717) is 12.6 Å². The van der Waals surface area contributed by atoms with Gasteiger partial charge in [-0.05, 0) is 25.9 Å². The molecule has 6 nitrogen and oxygen atoms in total. The molecule has 0 bridgehead atoms. The van der Waals surface area contributed by atoms with Crippen LogP contribution in [0.2, 0.25) is 0 Å². The normalized spacial score (nSPS) is 16.9. The number of aromatic nitrogens is 2. The van der Waals surface area contributed by atoms with Crippen molar-refractivity contribution in [2.75, 3.05) is 19.6 Å². The number of nitrogens with two attached hydrogens (primary N) is 1. The van der Waals surface area contributed by atoms with Crippen LogP contribution in [0.25, 0.3) is 0 Å². The fourth-order valence-corrected chi connectivity index (χ4v) is 2.31. The molecular weight excluding hydrogens is 230 g/mol. The summed E-state index contributed by atoms with van der Waals surface area (Å²) in [6, 6.07) is 0.390. The standard InChI is InChI=1S/C12H19N5O/c13-12(18)9-17(11-1-3-14-4-2-11)8-10-7-15-5-6-16-10/h5-7,11,14H,1-4,8-9H2,(H2,13,18). The number of nitrogens with one attached hydrogen (secondary N) is 1. The summed E-state index contributed by atoms with van der Waals surface area (Å²) in [4.78, 5) is 21.6. The van der Waals surface area contributed by atoms with Gasteiger partial charge in [0.15, 0.2) is 0 Å². The molecule has 0 aromatic carbocycles. The molecule has 0 saturated carbocycles. The number of primary amides is 1. The molecule has 6 heteroatoms. The maximum atomic E-state index is 11.2. The summed E-state index contributed by atoms with van der Waals surface area (Å²) in [5.74, 6) is -0.294. The van der Waals surface area contributed by atoms with Crippen molar-refractivity contribution in [1.29, 1.82) is 0 Å². The summed E-state index contributed by atoms with van der Waals surface area (Å²) >= 11 is 0. The smallest absolute Gasteiger partial charge is 0.231 e. The summed E-state index contributed by atoms with van der Waals surface area (Å²) in [5, 5.41) is 3.32. The average molecular weight is 249 g/mol. The summed E-state index contributed by atoms with van der Waals surface area (Å²) in [6.07, 6.45) is 7.11. The maximum absolute atomic E-state index is 11.2. The third-order valence-corrected chi connectivity index (χ3v) is 3.17. The fraction of sp³-hybridized carbons (Fsp3) is 0.583. The highest BCUT2D eigenvalue weighted by Gasteiger charge is 2.22. The zero-order chi connectivity index (χ0) is 12.8. The molecule has 18 heavy (non-hydrogen) atoms. The van der Waals surface area contributed by atoms with Crippen LogP contribution in [0.3, 0.4) is 0 Å². The lowest BCUT2D eigenvalue weighted by Crippen LogP contribution is -2.46. The number of carbonyl (C=O) groups is 1. The molecule has 2 heterocycles. The second-order valence-corrected chi connectivity index (χ2v) is 4.55. The van der Waals surface area contributed by atoms with Crippen LogP contribution in [0.15, 0.2) is 18.6 Å². The Labute approximate surface area is 107 Å². The Morgan fingerprint density at radius 1 is 1.44 bits per heavy atom. The Morgan fingerprint density at radius 2 is 2.22 bits per heavy atom. The first-order valence-corrected chi connectivity index (χ1v) is 6.23. The third kappa shape index (κ3) is 3.75. The van der Waals surface area contributed by atoms with Gasteiger partial charge in [0.25, 0.3) is 0 Å². The van der Waals surface area contributed by atoms with E-state index in [2.05, 4.69) is 20.2 Å². The van der Waals surface area contributed by atoms with E-state index >= 15 is 0 Å². The van der Waals surface area contributed by atoms with Gasteiger partial charge in [-0.15, -0.1) is 0 Å². The first-order valence-electron chi connectivity index (χ1n) is 6.23. The fourth-order valence-electron chi connectivity index (χ4n) is 2.31. The Hall–Kier alpha value is -1.53. The van der Waals surface area contributed by atoms with Gasteiger partial charge in [-0.2, -0.15) is 0 Å². The first kappa shape index (κ1) is 12.9. The van der Waals surface area contributed by atoms with Crippen molar-refractivity contribution in [3.05, 3.63) is 24.3 Å². The lowest BCUT2D eigenvalue weighted by Gasteiger charge is -2.33. The van der Waals surface area contributed by atoms with Gasteiger partial charge in [0, 0.05) is 31.2 Å². The number of amides is 1. The maximum Gasteiger partial charge on any atom is 0.231 e. The van der Waals surface area contributed by atoms with Crippen molar-refractivity contribution >= 4 is 5.91 Å². The van der Waals surface area contributed by atoms with Crippen LogP contribution in [0.4, 0.5) is 0 Å². The van der Waals surface area contributed by atoms with E-state index in [1.165, 1.54) is 0 Å². The Bertz CT molecular complexity index is 377. The minimum Gasteiger partial charge on any atom is -0.369 e. The Morgan fingerprint density at radius 3 is 2.83 bits per heavy atom. The second-order valence-electron chi connectivity index (χ2n) is 4.55. The highest BCUT2D eigenvalue weighted by atomic mass is 16.1. The minimum absolute atomic E-state index is 0.279. The van der Waals surface area contributed by atoms with Crippen LogP contribution in [-0.4, -0.2) is 46.5 Å². The predicted octanol–water partition coefficient (Wildman–Crippen LogP) is -0.484. The van der Waals surface area contributed by atoms with Crippen LogP contribution in [0.5, 0.6) is 0 Å². The Balaban J connectivity index is 2.02. The molecule has 0 spiro atoms. The van der Waals surface area contributed by atoms with E-state index in [9.17, 15) is 4.79 Å². The molecule has 1 amide bonds. The number of hydrogen-bond donors (Lipinski definition) is 2. The van der Waals surface area contributed by atoms with E-state index in [4.69, 9.17) is 5.73 Å². The minimum atomic E-state index is -0.294. The average Bonchev–Trinajstić information content (AvgIpc) is 2.40. The molecule has 3 N–H and O–H groups in total. The van der Waals surface area contributed by atoms with Crippen LogP contribution in [0.1, 0.15) is 18.5 Å². The van der Waals surface area contributed by atoms with E-state index in [1.807, 2.05) is 0 Å². The molecule has 0 aliphatic carbocycles. The van der Waals surface area contributed by atoms with Crippen LogP contribution >= 0.6 is 0 Å². The first-order chi connectivity index (χ1) is 8.75. The molecule has 1 aromatic rings. The summed E-state index contributed by atoms with van der Waals surface area (Å²) in [7, 11) is 0. The molecule has 1 saturated heterocycles. The van der Waals surface area contributed by atoms with Crippen molar-refractivity contribution in [3.63, 3.8) is 0 Å². The summed E-state index contributed by atoms with van der Waals surface area (Å²) < 4.78 is 0. The monoisotopic (exact) mass is 249 g/mol.